The van der Waals surface area contributed by atoms with Gasteiger partial charge in [0.1, 0.15) is 5.75 Å². The molecule has 0 bridgehead atoms. The molecule has 1 aromatic heterocycles. The van der Waals surface area contributed by atoms with Gasteiger partial charge in [-0.05, 0) is 48.9 Å². The zero-order valence-corrected chi connectivity index (χ0v) is 13.8. The van der Waals surface area contributed by atoms with Crippen LogP contribution in [0.3, 0.4) is 0 Å². The maximum absolute atomic E-state index is 12.5. The monoisotopic (exact) mass is 329 g/mol. The third kappa shape index (κ3) is 2.82. The number of aromatic nitrogens is 4. The van der Waals surface area contributed by atoms with E-state index in [4.69, 9.17) is 9.47 Å². The lowest BCUT2D eigenvalue weighted by Gasteiger charge is -2.27. The van der Waals surface area contributed by atoms with Gasteiger partial charge in [-0.25, -0.2) is 4.79 Å². The number of carbonyl (C=O) groups excluding carboxylic acids is 1. The van der Waals surface area contributed by atoms with E-state index in [0.717, 1.165) is 11.3 Å². The van der Waals surface area contributed by atoms with Gasteiger partial charge in [0.05, 0.1) is 30.5 Å². The Morgan fingerprint density at radius 1 is 1.25 bits per heavy atom. The minimum atomic E-state index is -0.391. The highest BCUT2D eigenvalue weighted by atomic mass is 16.5. The molecule has 1 aliphatic heterocycles. The molecule has 8 heteroatoms. The summed E-state index contributed by atoms with van der Waals surface area (Å²) in [6.45, 7) is 6.41. The lowest BCUT2D eigenvalue weighted by molar-refractivity contribution is -0.138. The number of fused-ring (bicyclic) bond motifs is 1. The predicted molar refractivity (Wildman–Crippen MR) is 87.3 cm³/mol. The smallest absolute Gasteiger partial charge is 0.338 e. The first kappa shape index (κ1) is 16.0. The summed E-state index contributed by atoms with van der Waals surface area (Å²) < 4.78 is 12.2. The number of anilines is 1. The number of tetrazole rings is 1. The van der Waals surface area contributed by atoms with Crippen LogP contribution >= 0.6 is 0 Å². The van der Waals surface area contributed by atoms with Crippen molar-refractivity contribution in [2.24, 2.45) is 0 Å². The summed E-state index contributed by atoms with van der Waals surface area (Å²) in [6, 6.07) is 7.17. The van der Waals surface area contributed by atoms with Crippen molar-refractivity contribution < 1.29 is 14.3 Å². The first-order chi connectivity index (χ1) is 11.7. The van der Waals surface area contributed by atoms with Crippen LogP contribution in [0.4, 0.5) is 5.95 Å². The normalized spacial score (nSPS) is 16.4. The van der Waals surface area contributed by atoms with E-state index in [9.17, 15) is 4.79 Å². The third-order valence-electron chi connectivity index (χ3n) is 3.76. The maximum atomic E-state index is 12.5. The lowest BCUT2D eigenvalue weighted by Crippen LogP contribution is -2.28. The van der Waals surface area contributed by atoms with Crippen LogP contribution in [0, 0.1) is 0 Å². The summed E-state index contributed by atoms with van der Waals surface area (Å²) in [5.41, 5.74) is 2.03. The first-order valence-electron chi connectivity index (χ1n) is 7.81. The van der Waals surface area contributed by atoms with E-state index in [1.165, 1.54) is 4.68 Å². The average molecular weight is 329 g/mol. The van der Waals surface area contributed by atoms with Gasteiger partial charge in [-0.15, -0.1) is 0 Å². The SMILES string of the molecule is CCOC(=O)C1=C(C)n2nnnc2NC1c1ccc(OCC)cc1. The molecule has 0 amide bonds. The highest BCUT2D eigenvalue weighted by Gasteiger charge is 2.33. The second-order valence-electron chi connectivity index (χ2n) is 5.21. The van der Waals surface area contributed by atoms with E-state index in [1.807, 2.05) is 31.2 Å². The van der Waals surface area contributed by atoms with Crippen molar-refractivity contribution in [1.82, 2.24) is 20.2 Å². The number of nitrogens with zero attached hydrogens (tertiary/aromatic N) is 4. The molecule has 0 aliphatic carbocycles. The molecule has 1 atom stereocenters. The first-order valence-corrected chi connectivity index (χ1v) is 7.81. The Morgan fingerprint density at radius 2 is 2.00 bits per heavy atom. The van der Waals surface area contributed by atoms with Crippen molar-refractivity contribution in [3.63, 3.8) is 0 Å². The second kappa shape index (κ2) is 6.69. The van der Waals surface area contributed by atoms with Gasteiger partial charge in [-0.1, -0.05) is 17.2 Å². The summed E-state index contributed by atoms with van der Waals surface area (Å²) in [4.78, 5) is 12.5. The maximum Gasteiger partial charge on any atom is 0.338 e. The molecule has 0 saturated heterocycles. The topological polar surface area (TPSA) is 91.2 Å². The molecule has 1 N–H and O–H groups in total. The standard InChI is InChI=1S/C16H19N5O3/c1-4-23-12-8-6-11(7-9-12)14-13(15(22)24-5-2)10(3)21-16(17-14)18-19-20-21/h6-9,14H,4-5H2,1-3H3,(H,17,18,20). The van der Waals surface area contributed by atoms with E-state index < -0.39 is 6.04 Å². The number of hydrogen-bond donors (Lipinski definition) is 1. The zero-order chi connectivity index (χ0) is 17.1. The van der Waals surface area contributed by atoms with Gasteiger partial charge < -0.3 is 14.8 Å². The van der Waals surface area contributed by atoms with Crippen molar-refractivity contribution in [1.29, 1.82) is 0 Å². The highest BCUT2D eigenvalue weighted by Crippen LogP contribution is 2.35. The van der Waals surface area contributed by atoms with Crippen LogP contribution in [0.25, 0.3) is 5.70 Å². The number of benzene rings is 1. The fourth-order valence-corrected chi connectivity index (χ4v) is 2.67. The summed E-state index contributed by atoms with van der Waals surface area (Å²) in [7, 11) is 0. The Kier molecular flexibility index (Phi) is 4.45. The van der Waals surface area contributed by atoms with Crippen LogP contribution in [0.2, 0.25) is 0 Å². The molecule has 24 heavy (non-hydrogen) atoms. The molecule has 2 heterocycles. The molecule has 0 radical (unpaired) electrons. The molecule has 0 fully saturated rings. The predicted octanol–water partition coefficient (Wildman–Crippen LogP) is 2.03. The minimum absolute atomic E-state index is 0.300. The third-order valence-corrected chi connectivity index (χ3v) is 3.76. The van der Waals surface area contributed by atoms with Gasteiger partial charge in [-0.2, -0.15) is 4.68 Å². The average Bonchev–Trinajstić information content (AvgIpc) is 3.05. The van der Waals surface area contributed by atoms with Crippen LogP contribution in [0.1, 0.15) is 32.4 Å². The molecule has 0 spiro atoms. The van der Waals surface area contributed by atoms with E-state index in [2.05, 4.69) is 20.8 Å². The van der Waals surface area contributed by atoms with Crippen molar-refractivity contribution in [2.45, 2.75) is 26.8 Å². The van der Waals surface area contributed by atoms with E-state index in [0.29, 0.717) is 30.4 Å². The number of carbonyl (C=O) groups is 1. The van der Waals surface area contributed by atoms with Gasteiger partial charge >= 0.3 is 5.97 Å². The second-order valence-corrected chi connectivity index (χ2v) is 5.21. The Labute approximate surface area is 139 Å². The van der Waals surface area contributed by atoms with Gasteiger partial charge in [0, 0.05) is 0 Å². The van der Waals surface area contributed by atoms with Gasteiger partial charge in [0.2, 0.25) is 5.95 Å². The number of nitrogens with one attached hydrogen (secondary N) is 1. The summed E-state index contributed by atoms with van der Waals surface area (Å²) in [5, 5.41) is 14.7. The largest absolute Gasteiger partial charge is 0.494 e. The van der Waals surface area contributed by atoms with Crippen molar-refractivity contribution in [3.05, 3.63) is 35.4 Å². The van der Waals surface area contributed by atoms with E-state index >= 15 is 0 Å². The summed E-state index contributed by atoms with van der Waals surface area (Å²) in [5.74, 6) is 0.877. The van der Waals surface area contributed by atoms with Crippen LogP contribution < -0.4 is 10.1 Å². The summed E-state index contributed by atoms with van der Waals surface area (Å²) >= 11 is 0. The number of ether oxygens (including phenoxy) is 2. The molecule has 8 nitrogen and oxygen atoms in total. The van der Waals surface area contributed by atoms with Crippen molar-refractivity contribution in [3.8, 4) is 5.75 Å². The van der Waals surface area contributed by atoms with Crippen LogP contribution in [0.15, 0.2) is 29.8 Å². The molecule has 0 saturated carbocycles. The van der Waals surface area contributed by atoms with Gasteiger partial charge in [0.25, 0.3) is 0 Å². The van der Waals surface area contributed by atoms with Crippen LogP contribution in [-0.2, 0) is 9.53 Å². The molecule has 1 aliphatic rings. The molecular formula is C16H19N5O3. The zero-order valence-electron chi connectivity index (χ0n) is 13.8. The number of hydrogen-bond acceptors (Lipinski definition) is 7. The van der Waals surface area contributed by atoms with E-state index in [-0.39, 0.29) is 5.97 Å². The fraction of sp³-hybridized carbons (Fsp3) is 0.375. The Morgan fingerprint density at radius 3 is 2.67 bits per heavy atom. The Bertz CT molecular complexity index is 766. The van der Waals surface area contributed by atoms with E-state index in [1.54, 1.807) is 13.8 Å². The number of rotatable bonds is 5. The summed E-state index contributed by atoms with van der Waals surface area (Å²) in [6.07, 6.45) is 0. The molecule has 126 valence electrons. The quantitative estimate of drug-likeness (QED) is 0.839. The molecule has 1 unspecified atom stereocenters. The van der Waals surface area contributed by atoms with Crippen LogP contribution in [0.5, 0.6) is 5.75 Å². The molecule has 2 aromatic rings. The number of esters is 1. The minimum Gasteiger partial charge on any atom is -0.494 e. The Hall–Kier alpha value is -2.90. The van der Waals surface area contributed by atoms with Gasteiger partial charge in [-0.3, -0.25) is 0 Å². The lowest BCUT2D eigenvalue weighted by atomic mass is 9.96. The Balaban J connectivity index is 2.01. The fourth-order valence-electron chi connectivity index (χ4n) is 2.67. The molecular weight excluding hydrogens is 310 g/mol. The number of allylic oxidation sites excluding steroid dienone is 1. The molecule has 1 aromatic carbocycles. The van der Waals surface area contributed by atoms with Crippen LogP contribution in [-0.4, -0.2) is 39.4 Å². The molecule has 3 rings (SSSR count). The van der Waals surface area contributed by atoms with Gasteiger partial charge in [0.15, 0.2) is 0 Å². The van der Waals surface area contributed by atoms with Crippen molar-refractivity contribution >= 4 is 17.6 Å². The highest BCUT2D eigenvalue weighted by molar-refractivity contribution is 5.97. The van der Waals surface area contributed by atoms with Crippen molar-refractivity contribution in [2.75, 3.05) is 18.5 Å².